The minimum atomic E-state index is -0.747. The van der Waals surface area contributed by atoms with Crippen LogP contribution in [0.15, 0.2) is 42.5 Å². The predicted octanol–water partition coefficient (Wildman–Crippen LogP) is 3.15. The lowest BCUT2D eigenvalue weighted by Gasteiger charge is -2.16. The van der Waals surface area contributed by atoms with E-state index in [0.717, 1.165) is 11.1 Å². The van der Waals surface area contributed by atoms with Gasteiger partial charge in [0.15, 0.2) is 11.5 Å². The normalized spacial score (nSPS) is 12.0. The molecule has 2 rings (SSSR count). The Morgan fingerprint density at radius 1 is 0.952 bits per heavy atom. The zero-order valence-electron chi connectivity index (χ0n) is 12.4. The Hall–Kier alpha value is -2.20. The summed E-state index contributed by atoms with van der Waals surface area (Å²) in [7, 11) is 0. The largest absolute Gasteiger partial charge is 0.490 e. The van der Waals surface area contributed by atoms with E-state index in [1.807, 2.05) is 44.2 Å². The summed E-state index contributed by atoms with van der Waals surface area (Å²) < 4.78 is 11.1. The first-order valence-corrected chi connectivity index (χ1v) is 7.08. The van der Waals surface area contributed by atoms with E-state index in [2.05, 4.69) is 0 Å². The molecule has 0 bridgehead atoms. The van der Waals surface area contributed by atoms with Gasteiger partial charge in [0.25, 0.3) is 0 Å². The Balaban J connectivity index is 2.32. The van der Waals surface area contributed by atoms with Crippen molar-refractivity contribution in [3.05, 3.63) is 53.6 Å². The molecule has 0 amide bonds. The van der Waals surface area contributed by atoms with Crippen LogP contribution in [-0.4, -0.2) is 18.3 Å². The number of rotatable bonds is 6. The second-order valence-corrected chi connectivity index (χ2v) is 4.64. The highest BCUT2D eigenvalue weighted by Crippen LogP contribution is 2.33. The van der Waals surface area contributed by atoms with Crippen molar-refractivity contribution in [3.8, 4) is 11.5 Å². The van der Waals surface area contributed by atoms with Crippen molar-refractivity contribution in [1.82, 2.24) is 0 Å². The van der Waals surface area contributed by atoms with E-state index < -0.39 is 6.10 Å². The molecule has 1 unspecified atom stereocenters. The van der Waals surface area contributed by atoms with Crippen LogP contribution < -0.4 is 15.2 Å². The molecule has 0 heterocycles. The second kappa shape index (κ2) is 6.99. The summed E-state index contributed by atoms with van der Waals surface area (Å²) in [6.07, 6.45) is -0.747. The van der Waals surface area contributed by atoms with Gasteiger partial charge in [-0.2, -0.15) is 0 Å². The number of benzene rings is 2. The molecular formula is C17H21NO3. The third-order valence-corrected chi connectivity index (χ3v) is 3.11. The minimum Gasteiger partial charge on any atom is -0.490 e. The van der Waals surface area contributed by atoms with E-state index in [0.29, 0.717) is 30.4 Å². The highest BCUT2D eigenvalue weighted by atomic mass is 16.5. The maximum absolute atomic E-state index is 10.5. The third-order valence-electron chi connectivity index (χ3n) is 3.11. The van der Waals surface area contributed by atoms with Gasteiger partial charge in [-0.1, -0.05) is 18.2 Å². The van der Waals surface area contributed by atoms with E-state index in [9.17, 15) is 5.11 Å². The van der Waals surface area contributed by atoms with Gasteiger partial charge in [-0.05, 0) is 49.2 Å². The molecule has 0 radical (unpaired) electrons. The van der Waals surface area contributed by atoms with Crippen LogP contribution in [0.1, 0.15) is 31.1 Å². The van der Waals surface area contributed by atoms with Crippen LogP contribution in [0.5, 0.6) is 11.5 Å². The number of nitrogens with two attached hydrogens (primary N) is 1. The molecule has 112 valence electrons. The second-order valence-electron chi connectivity index (χ2n) is 4.64. The summed E-state index contributed by atoms with van der Waals surface area (Å²) in [5.41, 5.74) is 7.88. The molecule has 4 nitrogen and oxygen atoms in total. The fourth-order valence-electron chi connectivity index (χ4n) is 2.16. The van der Waals surface area contributed by atoms with Crippen molar-refractivity contribution in [2.24, 2.45) is 0 Å². The SMILES string of the molecule is CCOc1ccc(C(O)c2cccc(N)c2)cc1OCC. The average molecular weight is 287 g/mol. The van der Waals surface area contributed by atoms with Crippen molar-refractivity contribution in [2.45, 2.75) is 20.0 Å². The first-order chi connectivity index (χ1) is 10.2. The molecule has 0 aliphatic carbocycles. The summed E-state index contributed by atoms with van der Waals surface area (Å²) in [5, 5.41) is 10.5. The fraction of sp³-hybridized carbons (Fsp3) is 0.294. The molecule has 0 saturated heterocycles. The van der Waals surface area contributed by atoms with Crippen molar-refractivity contribution in [3.63, 3.8) is 0 Å². The minimum absolute atomic E-state index is 0.540. The molecule has 1 atom stereocenters. The third kappa shape index (κ3) is 3.67. The predicted molar refractivity (Wildman–Crippen MR) is 83.7 cm³/mol. The maximum atomic E-state index is 10.5. The standard InChI is InChI=1S/C17H21NO3/c1-3-20-15-9-8-13(11-16(15)21-4-2)17(19)12-6-5-7-14(18)10-12/h5-11,17,19H,3-4,18H2,1-2H3. The lowest BCUT2D eigenvalue weighted by molar-refractivity contribution is 0.218. The molecule has 2 aromatic rings. The van der Waals surface area contributed by atoms with E-state index in [-0.39, 0.29) is 0 Å². The van der Waals surface area contributed by atoms with Crippen molar-refractivity contribution >= 4 is 5.69 Å². The summed E-state index contributed by atoms with van der Waals surface area (Å²) in [6.45, 7) is 4.94. The average Bonchev–Trinajstić information content (AvgIpc) is 2.49. The van der Waals surface area contributed by atoms with Crippen LogP contribution in [0.2, 0.25) is 0 Å². The van der Waals surface area contributed by atoms with Gasteiger partial charge in [-0.15, -0.1) is 0 Å². The Labute approximate surface area is 125 Å². The number of hydrogen-bond donors (Lipinski definition) is 2. The fourth-order valence-corrected chi connectivity index (χ4v) is 2.16. The molecule has 3 N–H and O–H groups in total. The lowest BCUT2D eigenvalue weighted by Crippen LogP contribution is -2.03. The van der Waals surface area contributed by atoms with Crippen molar-refractivity contribution < 1.29 is 14.6 Å². The van der Waals surface area contributed by atoms with Crippen LogP contribution >= 0.6 is 0 Å². The van der Waals surface area contributed by atoms with Crippen LogP contribution in [0.25, 0.3) is 0 Å². The number of aliphatic hydroxyl groups is 1. The number of anilines is 1. The molecule has 0 aliphatic rings. The van der Waals surface area contributed by atoms with Gasteiger partial charge in [0.05, 0.1) is 13.2 Å². The van der Waals surface area contributed by atoms with Crippen LogP contribution in [0, 0.1) is 0 Å². The number of nitrogen functional groups attached to an aromatic ring is 1. The molecule has 0 spiro atoms. The smallest absolute Gasteiger partial charge is 0.161 e. The zero-order chi connectivity index (χ0) is 15.2. The lowest BCUT2D eigenvalue weighted by atomic mass is 10.0. The van der Waals surface area contributed by atoms with Crippen LogP contribution in [0.3, 0.4) is 0 Å². The number of ether oxygens (including phenoxy) is 2. The number of hydrogen-bond acceptors (Lipinski definition) is 4. The topological polar surface area (TPSA) is 64.7 Å². The van der Waals surface area contributed by atoms with Crippen molar-refractivity contribution in [2.75, 3.05) is 18.9 Å². The van der Waals surface area contributed by atoms with E-state index in [4.69, 9.17) is 15.2 Å². The molecular weight excluding hydrogens is 266 g/mol. The van der Waals surface area contributed by atoms with Gasteiger partial charge < -0.3 is 20.3 Å². The maximum Gasteiger partial charge on any atom is 0.161 e. The molecule has 0 saturated carbocycles. The van der Waals surface area contributed by atoms with Gasteiger partial charge in [0.1, 0.15) is 6.10 Å². The molecule has 2 aromatic carbocycles. The van der Waals surface area contributed by atoms with Gasteiger partial charge in [-0.25, -0.2) is 0 Å². The Kier molecular flexibility index (Phi) is 5.06. The van der Waals surface area contributed by atoms with Crippen LogP contribution in [0.4, 0.5) is 5.69 Å². The summed E-state index contributed by atoms with van der Waals surface area (Å²) >= 11 is 0. The quantitative estimate of drug-likeness (QED) is 0.801. The first-order valence-electron chi connectivity index (χ1n) is 7.08. The highest BCUT2D eigenvalue weighted by molar-refractivity contribution is 5.47. The Morgan fingerprint density at radius 3 is 2.29 bits per heavy atom. The summed E-state index contributed by atoms with van der Waals surface area (Å²) in [6, 6.07) is 12.7. The molecule has 0 fully saturated rings. The monoisotopic (exact) mass is 287 g/mol. The Bertz CT molecular complexity index is 598. The van der Waals surface area contributed by atoms with Crippen LogP contribution in [-0.2, 0) is 0 Å². The van der Waals surface area contributed by atoms with Gasteiger partial charge in [0, 0.05) is 5.69 Å². The zero-order valence-corrected chi connectivity index (χ0v) is 12.4. The number of aliphatic hydroxyl groups excluding tert-OH is 1. The van der Waals surface area contributed by atoms with E-state index in [1.54, 1.807) is 12.1 Å². The van der Waals surface area contributed by atoms with E-state index >= 15 is 0 Å². The van der Waals surface area contributed by atoms with Crippen molar-refractivity contribution in [1.29, 1.82) is 0 Å². The van der Waals surface area contributed by atoms with Gasteiger partial charge in [-0.3, -0.25) is 0 Å². The van der Waals surface area contributed by atoms with Gasteiger partial charge >= 0.3 is 0 Å². The Morgan fingerprint density at radius 2 is 1.62 bits per heavy atom. The molecule has 21 heavy (non-hydrogen) atoms. The van der Waals surface area contributed by atoms with Gasteiger partial charge in [0.2, 0.25) is 0 Å². The first kappa shape index (κ1) is 15.2. The molecule has 0 aromatic heterocycles. The summed E-state index contributed by atoms with van der Waals surface area (Å²) in [4.78, 5) is 0. The molecule has 0 aliphatic heterocycles. The van der Waals surface area contributed by atoms with E-state index in [1.165, 1.54) is 0 Å². The summed E-state index contributed by atoms with van der Waals surface area (Å²) in [5.74, 6) is 1.32. The molecule has 4 heteroatoms. The highest BCUT2D eigenvalue weighted by Gasteiger charge is 2.14.